The van der Waals surface area contributed by atoms with Crippen LogP contribution in [0.25, 0.3) is 0 Å². The van der Waals surface area contributed by atoms with Crippen molar-refractivity contribution in [2.24, 2.45) is 0 Å². The molecule has 0 saturated heterocycles. The maximum Gasteiger partial charge on any atom is 0.340 e. The average molecular weight is 325 g/mol. The van der Waals surface area contributed by atoms with E-state index in [-0.39, 0.29) is 5.56 Å². The Labute approximate surface area is 134 Å². The number of rotatable bonds is 8. The van der Waals surface area contributed by atoms with Gasteiger partial charge < -0.3 is 19.5 Å². The number of nitrogens with one attached hydrogen (secondary N) is 1. The van der Waals surface area contributed by atoms with Crippen molar-refractivity contribution >= 4 is 23.3 Å². The highest BCUT2D eigenvalue weighted by Gasteiger charge is 2.17. The predicted octanol–water partition coefficient (Wildman–Crippen LogP) is 2.94. The van der Waals surface area contributed by atoms with E-state index < -0.39 is 5.97 Å². The second-order valence-electron chi connectivity index (χ2n) is 4.04. The third-order valence-electron chi connectivity index (χ3n) is 2.64. The molecule has 22 heavy (non-hydrogen) atoms. The fraction of sp³-hybridized carbons (Fsp3) is 0.333. The number of nitriles is 1. The third-order valence-corrected chi connectivity index (χ3v) is 2.91. The fourth-order valence-corrected chi connectivity index (χ4v) is 1.75. The molecule has 0 heterocycles. The van der Waals surface area contributed by atoms with Crippen molar-refractivity contribution in [1.82, 2.24) is 0 Å². The number of allylic oxidation sites excluding steroid dienone is 1. The molecular weight excluding hydrogens is 308 g/mol. The molecule has 0 aliphatic rings. The van der Waals surface area contributed by atoms with Gasteiger partial charge in [-0.25, -0.2) is 4.79 Å². The van der Waals surface area contributed by atoms with E-state index in [1.54, 1.807) is 6.07 Å². The molecule has 0 unspecified atom stereocenters. The summed E-state index contributed by atoms with van der Waals surface area (Å²) < 4.78 is 15.6. The number of nitrogens with zero attached hydrogens (tertiary/aromatic N) is 1. The number of carbonyl (C=O) groups excluding carboxylic acids is 1. The van der Waals surface area contributed by atoms with Crippen LogP contribution >= 0.6 is 11.6 Å². The maximum absolute atomic E-state index is 11.8. The van der Waals surface area contributed by atoms with Gasteiger partial charge in [0.25, 0.3) is 0 Å². The summed E-state index contributed by atoms with van der Waals surface area (Å²) in [5, 5.41) is 11.4. The van der Waals surface area contributed by atoms with Gasteiger partial charge in [-0.3, -0.25) is 0 Å². The van der Waals surface area contributed by atoms with E-state index in [0.29, 0.717) is 36.1 Å². The first kappa shape index (κ1) is 17.7. The summed E-state index contributed by atoms with van der Waals surface area (Å²) >= 11 is 5.62. The zero-order valence-electron chi connectivity index (χ0n) is 12.4. The Balaban J connectivity index is 3.17. The lowest BCUT2D eigenvalue weighted by atomic mass is 10.1. The highest BCUT2D eigenvalue weighted by molar-refractivity contribution is 6.17. The smallest absolute Gasteiger partial charge is 0.340 e. The monoisotopic (exact) mass is 324 g/mol. The quantitative estimate of drug-likeness (QED) is 0.343. The van der Waals surface area contributed by atoms with Gasteiger partial charge in [-0.1, -0.05) is 0 Å². The van der Waals surface area contributed by atoms with Crippen molar-refractivity contribution in [2.75, 3.05) is 32.0 Å². The number of ether oxygens (including phenoxy) is 3. The van der Waals surface area contributed by atoms with Gasteiger partial charge in [0.15, 0.2) is 11.5 Å². The Kier molecular flexibility index (Phi) is 7.65. The first-order chi connectivity index (χ1) is 10.7. The van der Waals surface area contributed by atoms with Crippen LogP contribution in [0, 0.1) is 11.3 Å². The van der Waals surface area contributed by atoms with Crippen molar-refractivity contribution in [3.05, 3.63) is 30.0 Å². The van der Waals surface area contributed by atoms with E-state index >= 15 is 0 Å². The summed E-state index contributed by atoms with van der Waals surface area (Å²) in [5.41, 5.74) is 0.714. The number of alkyl halides is 1. The molecule has 6 nitrogen and oxygen atoms in total. The molecule has 0 atom stereocenters. The maximum atomic E-state index is 11.8. The van der Waals surface area contributed by atoms with Gasteiger partial charge in [0.05, 0.1) is 38.1 Å². The van der Waals surface area contributed by atoms with Crippen LogP contribution in [0.1, 0.15) is 16.8 Å². The zero-order chi connectivity index (χ0) is 16.4. The van der Waals surface area contributed by atoms with Gasteiger partial charge in [0, 0.05) is 30.3 Å². The average Bonchev–Trinajstić information content (AvgIpc) is 2.54. The minimum atomic E-state index is -0.529. The third kappa shape index (κ3) is 4.86. The van der Waals surface area contributed by atoms with Crippen LogP contribution < -0.4 is 14.8 Å². The largest absolute Gasteiger partial charge is 0.493 e. The van der Waals surface area contributed by atoms with Gasteiger partial charge in [0.2, 0.25) is 0 Å². The van der Waals surface area contributed by atoms with Crippen LogP contribution in [0.3, 0.4) is 0 Å². The summed E-state index contributed by atoms with van der Waals surface area (Å²) in [6.07, 6.45) is 3.34. The van der Waals surface area contributed by atoms with Crippen molar-refractivity contribution < 1.29 is 19.0 Å². The minimum absolute atomic E-state index is 0.270. The van der Waals surface area contributed by atoms with Gasteiger partial charge >= 0.3 is 5.97 Å². The first-order valence-corrected chi connectivity index (χ1v) is 7.01. The molecule has 0 aromatic heterocycles. The lowest BCUT2D eigenvalue weighted by Crippen LogP contribution is -2.08. The van der Waals surface area contributed by atoms with E-state index in [9.17, 15) is 4.79 Å². The summed E-state index contributed by atoms with van der Waals surface area (Å²) in [4.78, 5) is 11.8. The number of carbonyl (C=O) groups is 1. The molecule has 1 aromatic rings. The second kappa shape index (κ2) is 9.53. The molecular formula is C15H17ClN2O4. The predicted molar refractivity (Wildman–Crippen MR) is 83.5 cm³/mol. The number of esters is 1. The molecule has 0 fully saturated rings. The molecule has 0 spiro atoms. The summed E-state index contributed by atoms with van der Waals surface area (Å²) in [6, 6.07) is 4.98. The Morgan fingerprint density at radius 2 is 2.18 bits per heavy atom. The van der Waals surface area contributed by atoms with E-state index in [4.69, 9.17) is 31.1 Å². The summed E-state index contributed by atoms with van der Waals surface area (Å²) in [7, 11) is 2.77. The van der Waals surface area contributed by atoms with Gasteiger partial charge in [-0.05, 0) is 6.42 Å². The molecule has 0 aliphatic carbocycles. The molecule has 1 aromatic carbocycles. The van der Waals surface area contributed by atoms with Gasteiger partial charge in [-0.15, -0.1) is 11.6 Å². The molecule has 0 bridgehead atoms. The summed E-state index contributed by atoms with van der Waals surface area (Å²) in [6.45, 7) is 0.422. The highest BCUT2D eigenvalue weighted by atomic mass is 35.5. The van der Waals surface area contributed by atoms with Crippen LogP contribution in [0.4, 0.5) is 5.69 Å². The minimum Gasteiger partial charge on any atom is -0.493 e. The van der Waals surface area contributed by atoms with Crippen molar-refractivity contribution in [3.63, 3.8) is 0 Å². The molecule has 0 amide bonds. The SMILES string of the molecule is COC(=O)c1cc(OC)c(OCCCCl)cc1N/C=C/C#N. The van der Waals surface area contributed by atoms with Crippen molar-refractivity contribution in [2.45, 2.75) is 6.42 Å². The van der Waals surface area contributed by atoms with Crippen LogP contribution in [0.5, 0.6) is 11.5 Å². The zero-order valence-corrected chi connectivity index (χ0v) is 13.1. The van der Waals surface area contributed by atoms with Crippen LogP contribution in [-0.2, 0) is 4.74 Å². The van der Waals surface area contributed by atoms with Crippen LogP contribution in [0.2, 0.25) is 0 Å². The Morgan fingerprint density at radius 3 is 2.77 bits per heavy atom. The van der Waals surface area contributed by atoms with Crippen LogP contribution in [0.15, 0.2) is 24.4 Å². The number of methoxy groups -OCH3 is 2. The number of anilines is 1. The van der Waals surface area contributed by atoms with E-state index in [1.807, 2.05) is 6.07 Å². The number of hydrogen-bond acceptors (Lipinski definition) is 6. The number of benzene rings is 1. The Hall–Kier alpha value is -2.39. The van der Waals surface area contributed by atoms with Gasteiger partial charge in [0.1, 0.15) is 0 Å². The Morgan fingerprint density at radius 1 is 1.41 bits per heavy atom. The summed E-state index contributed by atoms with van der Waals surface area (Å²) in [5.74, 6) is 0.829. The second-order valence-corrected chi connectivity index (χ2v) is 4.42. The highest BCUT2D eigenvalue weighted by Crippen LogP contribution is 2.34. The molecule has 0 saturated carbocycles. The molecule has 0 radical (unpaired) electrons. The molecule has 118 valence electrons. The number of halogens is 1. The number of hydrogen-bond donors (Lipinski definition) is 1. The van der Waals surface area contributed by atoms with E-state index in [1.165, 1.54) is 32.6 Å². The first-order valence-electron chi connectivity index (χ1n) is 6.48. The topological polar surface area (TPSA) is 80.6 Å². The van der Waals surface area contributed by atoms with Gasteiger partial charge in [-0.2, -0.15) is 5.26 Å². The molecule has 1 N–H and O–H groups in total. The molecule has 1 rings (SSSR count). The Bertz CT molecular complexity index is 582. The molecule has 0 aliphatic heterocycles. The normalized spacial score (nSPS) is 10.1. The van der Waals surface area contributed by atoms with Crippen LogP contribution in [-0.4, -0.2) is 32.7 Å². The molecule has 7 heteroatoms. The fourth-order valence-electron chi connectivity index (χ4n) is 1.64. The lowest BCUT2D eigenvalue weighted by molar-refractivity contribution is 0.0601. The van der Waals surface area contributed by atoms with Crippen molar-refractivity contribution in [3.8, 4) is 17.6 Å². The van der Waals surface area contributed by atoms with Crippen molar-refractivity contribution in [1.29, 1.82) is 5.26 Å². The standard InChI is InChI=1S/C15H17ClN2O4/c1-20-13-9-11(15(19)21-2)12(18-7-4-6-17)10-14(13)22-8-3-5-16/h4,7,9-10,18H,3,5,8H2,1-2H3/b7-4+. The lowest BCUT2D eigenvalue weighted by Gasteiger charge is -2.15. The van der Waals surface area contributed by atoms with E-state index in [2.05, 4.69) is 5.32 Å². The van der Waals surface area contributed by atoms with E-state index in [0.717, 1.165) is 0 Å².